The lowest BCUT2D eigenvalue weighted by molar-refractivity contribution is -0.183. The summed E-state index contributed by atoms with van der Waals surface area (Å²) in [5.41, 5.74) is -0.134. The van der Waals surface area contributed by atoms with Gasteiger partial charge < -0.3 is 14.2 Å². The zero-order valence-electron chi connectivity index (χ0n) is 10.7. The number of rotatable bonds is 8. The van der Waals surface area contributed by atoms with Crippen LogP contribution in [0, 0.1) is 0 Å². The molecule has 0 saturated carbocycles. The van der Waals surface area contributed by atoms with Crippen LogP contribution in [0.5, 0.6) is 0 Å². The molecule has 0 heterocycles. The lowest BCUT2D eigenvalue weighted by Gasteiger charge is -2.29. The first-order chi connectivity index (χ1) is 7.45. The molecular weight excluding hydrogens is 224 g/mol. The molecule has 0 N–H and O–H groups in total. The highest BCUT2D eigenvalue weighted by atomic mass is 28.1. The molecule has 0 aromatic rings. The molecule has 0 aromatic carbocycles. The van der Waals surface area contributed by atoms with Crippen molar-refractivity contribution < 1.29 is 19.0 Å². The van der Waals surface area contributed by atoms with E-state index >= 15 is 0 Å². The molecule has 0 unspecified atom stereocenters. The van der Waals surface area contributed by atoms with Gasteiger partial charge in [0.1, 0.15) is 5.41 Å². The van der Waals surface area contributed by atoms with Gasteiger partial charge in [-0.15, -0.1) is 0 Å². The summed E-state index contributed by atoms with van der Waals surface area (Å²) in [6.45, 7) is 10.5. The minimum absolute atomic E-state index is 0.301. The van der Waals surface area contributed by atoms with Gasteiger partial charge >= 0.3 is 5.97 Å². The second-order valence-electron chi connectivity index (χ2n) is 3.67. The monoisotopic (exact) mass is 246 g/mol. The number of hydrogen-bond acceptors (Lipinski definition) is 4. The summed E-state index contributed by atoms with van der Waals surface area (Å²) in [6, 6.07) is 0. The molecule has 0 rings (SSSR count). The summed E-state index contributed by atoms with van der Waals surface area (Å²) in [5, 5.41) is 0. The number of hydrogen-bond donors (Lipinski definition) is 0. The Kier molecular flexibility index (Phi) is 7.28. The highest BCUT2D eigenvalue weighted by Gasteiger charge is 2.24. The Hall–Kier alpha value is -0.653. The molecule has 5 heteroatoms. The molecule has 4 nitrogen and oxygen atoms in total. The molecular formula is C11H22O4Si. The molecule has 0 aliphatic heterocycles. The Bertz CT molecular complexity index is 234. The van der Waals surface area contributed by atoms with Crippen molar-refractivity contribution in [2.24, 2.45) is 0 Å². The van der Waals surface area contributed by atoms with Gasteiger partial charge in [-0.1, -0.05) is 6.58 Å². The molecule has 0 atom stereocenters. The molecule has 0 aliphatic carbocycles. The molecule has 0 aromatic heterocycles. The Balaban J connectivity index is 4.02. The maximum Gasteiger partial charge on any atom is 0.333 e. The zero-order valence-corrected chi connectivity index (χ0v) is 12.7. The smallest absolute Gasteiger partial charge is 0.333 e. The standard InChI is InChI=1S/C11H22O4Si/c1-5-14-11(16,15-6-2)7-8-13-10(12)9(3)4/h3,5-8H2,1-2,4,16H3. The SMILES string of the molecule is C=C(C)C(=O)OCCC([SiH3])(OCC)OCC. The quantitative estimate of drug-likeness (QED) is 0.272. The summed E-state index contributed by atoms with van der Waals surface area (Å²) in [6.07, 6.45) is 0.569. The first-order valence-electron chi connectivity index (χ1n) is 5.55. The Morgan fingerprint density at radius 2 is 1.81 bits per heavy atom. The van der Waals surface area contributed by atoms with E-state index in [0.717, 1.165) is 10.2 Å². The molecule has 16 heavy (non-hydrogen) atoms. The fraction of sp³-hybridized carbons (Fsp3) is 0.727. The molecule has 0 radical (unpaired) electrons. The van der Waals surface area contributed by atoms with E-state index in [2.05, 4.69) is 6.58 Å². The molecule has 0 bridgehead atoms. The van der Waals surface area contributed by atoms with Gasteiger partial charge in [0.25, 0.3) is 0 Å². The predicted molar refractivity (Wildman–Crippen MR) is 66.3 cm³/mol. The van der Waals surface area contributed by atoms with E-state index in [9.17, 15) is 4.79 Å². The van der Waals surface area contributed by atoms with Crippen molar-refractivity contribution in [3.63, 3.8) is 0 Å². The largest absolute Gasteiger partial charge is 0.462 e. The first kappa shape index (κ1) is 15.3. The third-order valence-electron chi connectivity index (χ3n) is 2.04. The van der Waals surface area contributed by atoms with Crippen molar-refractivity contribution in [2.45, 2.75) is 32.6 Å². The molecule has 94 valence electrons. The molecule has 0 fully saturated rings. The second-order valence-corrected chi connectivity index (χ2v) is 5.19. The number of esters is 1. The Morgan fingerprint density at radius 3 is 2.19 bits per heavy atom. The van der Waals surface area contributed by atoms with Crippen LogP contribution >= 0.6 is 0 Å². The van der Waals surface area contributed by atoms with E-state index in [1.807, 2.05) is 13.8 Å². The van der Waals surface area contributed by atoms with E-state index in [-0.39, 0.29) is 5.97 Å². The van der Waals surface area contributed by atoms with Gasteiger partial charge in [-0.05, 0) is 20.8 Å². The van der Waals surface area contributed by atoms with Crippen LogP contribution in [0.2, 0.25) is 0 Å². The first-order valence-corrected chi connectivity index (χ1v) is 6.55. The summed E-state index contributed by atoms with van der Waals surface area (Å²) >= 11 is 0. The van der Waals surface area contributed by atoms with E-state index in [4.69, 9.17) is 14.2 Å². The van der Waals surface area contributed by atoms with Gasteiger partial charge in [0.05, 0.1) is 16.8 Å². The summed E-state index contributed by atoms with van der Waals surface area (Å²) in [5.74, 6) is -0.364. The maximum absolute atomic E-state index is 11.2. The molecule has 0 amide bonds. The highest BCUT2D eigenvalue weighted by Crippen LogP contribution is 2.14. The third kappa shape index (κ3) is 6.04. The predicted octanol–water partition coefficient (Wildman–Crippen LogP) is 0.588. The lowest BCUT2D eigenvalue weighted by atomic mass is 10.3. The molecule has 0 spiro atoms. The van der Waals surface area contributed by atoms with Crippen molar-refractivity contribution in [3.8, 4) is 0 Å². The van der Waals surface area contributed by atoms with Crippen LogP contribution in [0.25, 0.3) is 0 Å². The summed E-state index contributed by atoms with van der Waals surface area (Å²) in [7, 11) is 0.736. The highest BCUT2D eigenvalue weighted by molar-refractivity contribution is 6.13. The fourth-order valence-electron chi connectivity index (χ4n) is 1.25. The van der Waals surface area contributed by atoms with Crippen LogP contribution in [0.15, 0.2) is 12.2 Å². The lowest BCUT2D eigenvalue weighted by Crippen LogP contribution is -2.38. The normalized spacial score (nSPS) is 11.4. The molecule has 0 aliphatic rings. The van der Waals surface area contributed by atoms with Gasteiger partial charge in [0, 0.05) is 25.2 Å². The van der Waals surface area contributed by atoms with Gasteiger partial charge in [0.15, 0.2) is 0 Å². The number of carbonyl (C=O) groups excluding carboxylic acids is 1. The van der Waals surface area contributed by atoms with Crippen molar-refractivity contribution >= 4 is 16.2 Å². The van der Waals surface area contributed by atoms with Gasteiger partial charge in [0.2, 0.25) is 0 Å². The van der Waals surface area contributed by atoms with Crippen LogP contribution in [-0.4, -0.2) is 41.4 Å². The average molecular weight is 246 g/mol. The summed E-state index contributed by atoms with van der Waals surface area (Å²) in [4.78, 5) is 11.2. The maximum atomic E-state index is 11.2. The topological polar surface area (TPSA) is 44.8 Å². The van der Waals surface area contributed by atoms with Crippen molar-refractivity contribution in [2.75, 3.05) is 19.8 Å². The van der Waals surface area contributed by atoms with Crippen molar-refractivity contribution in [3.05, 3.63) is 12.2 Å². The van der Waals surface area contributed by atoms with Crippen LogP contribution in [0.3, 0.4) is 0 Å². The van der Waals surface area contributed by atoms with Gasteiger partial charge in [-0.25, -0.2) is 4.79 Å². The van der Waals surface area contributed by atoms with E-state index in [0.29, 0.717) is 31.8 Å². The van der Waals surface area contributed by atoms with Crippen molar-refractivity contribution in [1.29, 1.82) is 0 Å². The van der Waals surface area contributed by atoms with Crippen LogP contribution < -0.4 is 0 Å². The van der Waals surface area contributed by atoms with E-state index in [1.165, 1.54) is 0 Å². The minimum Gasteiger partial charge on any atom is -0.462 e. The van der Waals surface area contributed by atoms with Crippen LogP contribution in [0.4, 0.5) is 0 Å². The van der Waals surface area contributed by atoms with E-state index < -0.39 is 5.41 Å². The molecule has 0 saturated heterocycles. The zero-order chi connectivity index (χ0) is 12.6. The number of carbonyl (C=O) groups is 1. The van der Waals surface area contributed by atoms with Crippen LogP contribution in [0.1, 0.15) is 27.2 Å². The fourth-order valence-corrected chi connectivity index (χ4v) is 2.03. The van der Waals surface area contributed by atoms with Gasteiger partial charge in [-0.3, -0.25) is 0 Å². The van der Waals surface area contributed by atoms with Crippen LogP contribution in [-0.2, 0) is 19.0 Å². The second kappa shape index (κ2) is 7.59. The Labute approximate surface area is 100 Å². The minimum atomic E-state index is -0.543. The third-order valence-corrected chi connectivity index (χ3v) is 3.11. The van der Waals surface area contributed by atoms with Crippen molar-refractivity contribution in [1.82, 2.24) is 0 Å². The number of ether oxygens (including phenoxy) is 3. The Morgan fingerprint density at radius 1 is 1.31 bits per heavy atom. The average Bonchev–Trinajstić information content (AvgIpc) is 2.17. The van der Waals surface area contributed by atoms with E-state index in [1.54, 1.807) is 6.92 Å². The van der Waals surface area contributed by atoms with Gasteiger partial charge in [-0.2, -0.15) is 0 Å². The summed E-state index contributed by atoms with van der Waals surface area (Å²) < 4.78 is 16.1.